The summed E-state index contributed by atoms with van der Waals surface area (Å²) in [7, 11) is 0. The van der Waals surface area contributed by atoms with Crippen LogP contribution >= 0.6 is 0 Å². The first-order valence-electron chi connectivity index (χ1n) is 5.39. The van der Waals surface area contributed by atoms with Gasteiger partial charge in [-0.2, -0.15) is 0 Å². The van der Waals surface area contributed by atoms with Gasteiger partial charge in [0.2, 0.25) is 0 Å². The molecule has 1 rings (SSSR count). The van der Waals surface area contributed by atoms with Crippen LogP contribution in [0.25, 0.3) is 0 Å². The average Bonchev–Trinajstić information content (AvgIpc) is 2.08. The molecule has 0 radical (unpaired) electrons. The summed E-state index contributed by atoms with van der Waals surface area (Å²) in [6.45, 7) is 5.47. The minimum absolute atomic E-state index is 0.0571. The first kappa shape index (κ1) is 12.4. The molecule has 0 saturated heterocycles. The Balaban J connectivity index is 2.81. The summed E-state index contributed by atoms with van der Waals surface area (Å²) >= 11 is 0. The number of ketones is 1. The van der Waals surface area contributed by atoms with Crippen LogP contribution in [0.5, 0.6) is 0 Å². The summed E-state index contributed by atoms with van der Waals surface area (Å²) in [5.41, 5.74) is -1.42. The zero-order valence-corrected chi connectivity index (χ0v) is 9.66. The monoisotopic (exact) mass is 212 g/mol. The maximum absolute atomic E-state index is 11.3. The summed E-state index contributed by atoms with van der Waals surface area (Å²) in [5, 5.41) is 19.6. The Hall–Kier alpha value is -0.670. The molecular formula is C12H20O3. The van der Waals surface area contributed by atoms with Gasteiger partial charge < -0.3 is 10.2 Å². The molecule has 2 atom stereocenters. The molecule has 0 aromatic carbocycles. The fraction of sp³-hybridized carbons (Fsp3) is 0.750. The predicted octanol–water partition coefficient (Wildman–Crippen LogP) is 1.43. The molecular weight excluding hydrogens is 192 g/mol. The third-order valence-corrected chi connectivity index (χ3v) is 3.28. The van der Waals surface area contributed by atoms with Crippen LogP contribution in [0.15, 0.2) is 12.2 Å². The highest BCUT2D eigenvalue weighted by molar-refractivity contribution is 5.91. The van der Waals surface area contributed by atoms with Gasteiger partial charge in [-0.3, -0.25) is 4.79 Å². The summed E-state index contributed by atoms with van der Waals surface area (Å²) in [6.07, 6.45) is 4.00. The van der Waals surface area contributed by atoms with Crippen LogP contribution in [0.3, 0.4) is 0 Å². The van der Waals surface area contributed by atoms with Gasteiger partial charge in [-0.15, -0.1) is 0 Å². The molecule has 3 nitrogen and oxygen atoms in total. The lowest BCUT2D eigenvalue weighted by Gasteiger charge is -2.43. The zero-order valence-electron chi connectivity index (χ0n) is 9.66. The lowest BCUT2D eigenvalue weighted by atomic mass is 9.66. The second-order valence-electron chi connectivity index (χ2n) is 5.17. The van der Waals surface area contributed by atoms with Crippen LogP contribution in [0.4, 0.5) is 0 Å². The highest BCUT2D eigenvalue weighted by Crippen LogP contribution is 2.41. The number of aliphatic hydroxyl groups excluding tert-OH is 1. The van der Waals surface area contributed by atoms with Crippen LogP contribution < -0.4 is 0 Å². The summed E-state index contributed by atoms with van der Waals surface area (Å²) < 4.78 is 0. The third-order valence-electron chi connectivity index (χ3n) is 3.28. The number of carbonyl (C=O) groups excluding carboxylic acids is 1. The van der Waals surface area contributed by atoms with E-state index in [9.17, 15) is 15.0 Å². The molecule has 0 aromatic heterocycles. The molecule has 1 aliphatic carbocycles. The Kier molecular flexibility index (Phi) is 3.36. The first-order valence-corrected chi connectivity index (χ1v) is 5.39. The molecule has 86 valence electrons. The summed E-state index contributed by atoms with van der Waals surface area (Å²) in [5.74, 6) is 0.0571. The van der Waals surface area contributed by atoms with Crippen LogP contribution in [-0.4, -0.2) is 27.7 Å². The fourth-order valence-electron chi connectivity index (χ4n) is 1.95. The van der Waals surface area contributed by atoms with Crippen molar-refractivity contribution in [3.8, 4) is 0 Å². The van der Waals surface area contributed by atoms with Gasteiger partial charge in [0, 0.05) is 11.8 Å². The van der Waals surface area contributed by atoms with Crippen molar-refractivity contribution >= 4 is 5.78 Å². The third kappa shape index (κ3) is 2.67. The molecule has 0 bridgehead atoms. The molecule has 0 fully saturated rings. The minimum atomic E-state index is -0.974. The van der Waals surface area contributed by atoms with Gasteiger partial charge in [-0.05, 0) is 31.9 Å². The van der Waals surface area contributed by atoms with Crippen molar-refractivity contribution in [3.05, 3.63) is 12.2 Å². The largest absolute Gasteiger partial charge is 0.393 e. The van der Waals surface area contributed by atoms with Crippen LogP contribution in [0.1, 0.15) is 40.0 Å². The van der Waals surface area contributed by atoms with Gasteiger partial charge in [0.1, 0.15) is 0 Å². The molecule has 0 spiro atoms. The number of aliphatic hydroxyl groups is 2. The topological polar surface area (TPSA) is 57.5 Å². The van der Waals surface area contributed by atoms with Crippen LogP contribution in [0, 0.1) is 5.41 Å². The Morgan fingerprint density at radius 1 is 1.53 bits per heavy atom. The molecule has 0 aliphatic heterocycles. The van der Waals surface area contributed by atoms with Gasteiger partial charge in [0.05, 0.1) is 11.7 Å². The number of hydrogen-bond donors (Lipinski definition) is 2. The lowest BCUT2D eigenvalue weighted by Crippen LogP contribution is -2.46. The van der Waals surface area contributed by atoms with E-state index in [1.165, 1.54) is 6.08 Å². The second kappa shape index (κ2) is 4.06. The van der Waals surface area contributed by atoms with Crippen LogP contribution in [0.2, 0.25) is 0 Å². The molecule has 2 N–H and O–H groups in total. The molecule has 0 heterocycles. The summed E-state index contributed by atoms with van der Waals surface area (Å²) in [6, 6.07) is 0. The normalized spacial score (nSPS) is 31.7. The van der Waals surface area contributed by atoms with Crippen molar-refractivity contribution in [1.29, 1.82) is 0 Å². The second-order valence-corrected chi connectivity index (χ2v) is 5.17. The summed E-state index contributed by atoms with van der Waals surface area (Å²) in [4.78, 5) is 11.3. The molecule has 15 heavy (non-hydrogen) atoms. The van der Waals surface area contributed by atoms with Crippen molar-refractivity contribution in [2.24, 2.45) is 5.41 Å². The number of hydrogen-bond acceptors (Lipinski definition) is 3. The van der Waals surface area contributed by atoms with E-state index in [1.807, 2.05) is 13.8 Å². The number of allylic oxidation sites excluding steroid dienone is 1. The lowest BCUT2D eigenvalue weighted by molar-refractivity contribution is -0.123. The number of carbonyl (C=O) groups is 1. The molecule has 0 aromatic rings. The minimum Gasteiger partial charge on any atom is -0.393 e. The van der Waals surface area contributed by atoms with Crippen molar-refractivity contribution in [1.82, 2.24) is 0 Å². The Bertz CT molecular complexity index is 279. The van der Waals surface area contributed by atoms with E-state index in [0.717, 1.165) is 0 Å². The predicted molar refractivity (Wildman–Crippen MR) is 58.4 cm³/mol. The van der Waals surface area contributed by atoms with Gasteiger partial charge in [-0.25, -0.2) is 0 Å². The smallest absolute Gasteiger partial charge is 0.156 e. The van der Waals surface area contributed by atoms with E-state index < -0.39 is 17.1 Å². The van der Waals surface area contributed by atoms with Gasteiger partial charge in [-0.1, -0.05) is 13.8 Å². The molecule has 0 unspecified atom stereocenters. The van der Waals surface area contributed by atoms with Gasteiger partial charge >= 0.3 is 0 Å². The Morgan fingerprint density at radius 2 is 2.13 bits per heavy atom. The first-order chi connectivity index (χ1) is 6.77. The molecule has 0 saturated carbocycles. The van der Waals surface area contributed by atoms with E-state index in [-0.39, 0.29) is 5.78 Å². The van der Waals surface area contributed by atoms with Gasteiger partial charge in [0.15, 0.2) is 5.78 Å². The van der Waals surface area contributed by atoms with E-state index in [4.69, 9.17) is 0 Å². The quantitative estimate of drug-likeness (QED) is 0.744. The molecule has 3 heteroatoms. The van der Waals surface area contributed by atoms with Crippen molar-refractivity contribution in [2.45, 2.75) is 51.7 Å². The molecule has 1 aliphatic rings. The zero-order chi connectivity index (χ0) is 11.7. The van der Waals surface area contributed by atoms with E-state index in [2.05, 4.69) is 0 Å². The SMILES string of the molecule is C[C@H](O)CC[C@@]1(O)C=CC(=O)CC1(C)C. The molecule has 0 amide bonds. The standard InChI is InChI=1S/C12H20O3/c1-9(13)4-6-12(15)7-5-10(14)8-11(12,2)3/h5,7,9,13,15H,4,6,8H2,1-3H3/t9-,12+/m0/s1. The Morgan fingerprint density at radius 3 is 2.60 bits per heavy atom. The van der Waals surface area contributed by atoms with Crippen LogP contribution in [-0.2, 0) is 4.79 Å². The maximum Gasteiger partial charge on any atom is 0.156 e. The Labute approximate surface area is 90.8 Å². The van der Waals surface area contributed by atoms with E-state index in [1.54, 1.807) is 13.0 Å². The van der Waals surface area contributed by atoms with E-state index in [0.29, 0.717) is 19.3 Å². The number of rotatable bonds is 3. The van der Waals surface area contributed by atoms with Crippen molar-refractivity contribution in [2.75, 3.05) is 0 Å². The average molecular weight is 212 g/mol. The van der Waals surface area contributed by atoms with E-state index >= 15 is 0 Å². The van der Waals surface area contributed by atoms with Gasteiger partial charge in [0.25, 0.3) is 0 Å². The maximum atomic E-state index is 11.3. The highest BCUT2D eigenvalue weighted by Gasteiger charge is 2.44. The van der Waals surface area contributed by atoms with Crippen molar-refractivity contribution in [3.63, 3.8) is 0 Å². The fourth-order valence-corrected chi connectivity index (χ4v) is 1.95. The highest BCUT2D eigenvalue weighted by atomic mass is 16.3. The van der Waals surface area contributed by atoms with Crippen molar-refractivity contribution < 1.29 is 15.0 Å².